The Balaban J connectivity index is 1.84. The molecule has 0 aliphatic carbocycles. The maximum absolute atomic E-state index is 10.9. The molecule has 0 unspecified atom stereocenters. The molecule has 1 aromatic rings. The van der Waals surface area contributed by atoms with E-state index in [1.165, 1.54) is 11.3 Å². The third kappa shape index (κ3) is 3.29. The zero-order chi connectivity index (χ0) is 13.0. The summed E-state index contributed by atoms with van der Waals surface area (Å²) in [5.41, 5.74) is 0.0423. The second-order valence-corrected chi connectivity index (χ2v) is 5.44. The van der Waals surface area contributed by atoms with Crippen LogP contribution >= 0.6 is 11.3 Å². The lowest BCUT2D eigenvalue weighted by molar-refractivity contribution is -0.0616. The summed E-state index contributed by atoms with van der Waals surface area (Å²) in [5.74, 6) is -0.897. The van der Waals surface area contributed by atoms with Crippen molar-refractivity contribution >= 4 is 17.3 Å². The molecule has 100 valence electrons. The first kappa shape index (κ1) is 13.5. The van der Waals surface area contributed by atoms with E-state index in [9.17, 15) is 9.90 Å². The standard InChI is InChI=1S/C12H17NO4S/c14-11(15)10-9(1-6-18-10)7-13-8-12(16)2-4-17-5-3-12/h1,6,13,16H,2-5,7-8H2,(H,14,15). The fraction of sp³-hybridized carbons (Fsp3) is 0.583. The van der Waals surface area contributed by atoms with Gasteiger partial charge in [0.2, 0.25) is 0 Å². The molecule has 0 bridgehead atoms. The molecular formula is C12H17NO4S. The molecule has 2 heterocycles. The minimum atomic E-state index is -0.897. The van der Waals surface area contributed by atoms with E-state index in [0.29, 0.717) is 44.0 Å². The lowest BCUT2D eigenvalue weighted by atomic mass is 9.94. The van der Waals surface area contributed by atoms with Crippen LogP contribution in [0.25, 0.3) is 0 Å². The number of rotatable bonds is 5. The normalized spacial score (nSPS) is 18.7. The molecule has 6 heteroatoms. The number of carboxylic acid groups (broad SMARTS) is 1. The molecule has 0 aromatic carbocycles. The molecule has 1 aliphatic rings. The molecule has 0 radical (unpaired) electrons. The van der Waals surface area contributed by atoms with Crippen LogP contribution in [0.4, 0.5) is 0 Å². The topological polar surface area (TPSA) is 78.8 Å². The van der Waals surface area contributed by atoms with Crippen LogP contribution < -0.4 is 5.32 Å². The maximum atomic E-state index is 10.9. The zero-order valence-corrected chi connectivity index (χ0v) is 10.8. The van der Waals surface area contributed by atoms with E-state index < -0.39 is 11.6 Å². The third-order valence-electron chi connectivity index (χ3n) is 3.13. The van der Waals surface area contributed by atoms with Gasteiger partial charge in [-0.2, -0.15) is 0 Å². The number of aliphatic hydroxyl groups is 1. The van der Waals surface area contributed by atoms with Gasteiger partial charge in [-0.3, -0.25) is 0 Å². The van der Waals surface area contributed by atoms with Crippen molar-refractivity contribution in [2.45, 2.75) is 25.0 Å². The van der Waals surface area contributed by atoms with Crippen molar-refractivity contribution in [2.75, 3.05) is 19.8 Å². The van der Waals surface area contributed by atoms with Crippen molar-refractivity contribution in [1.29, 1.82) is 0 Å². The fourth-order valence-electron chi connectivity index (χ4n) is 2.02. The molecule has 0 amide bonds. The molecule has 0 saturated carbocycles. The highest BCUT2D eigenvalue weighted by molar-refractivity contribution is 7.12. The van der Waals surface area contributed by atoms with Crippen molar-refractivity contribution in [3.8, 4) is 0 Å². The first-order valence-corrected chi connectivity index (χ1v) is 6.79. The minimum absolute atomic E-state index is 0.362. The van der Waals surface area contributed by atoms with Crippen molar-refractivity contribution in [3.63, 3.8) is 0 Å². The second-order valence-electron chi connectivity index (χ2n) is 4.52. The predicted octanol–water partition coefficient (Wildman–Crippen LogP) is 1.08. The molecule has 0 spiro atoms. The SMILES string of the molecule is O=C(O)c1sccc1CNCC1(O)CCOCC1. The molecule has 1 saturated heterocycles. The molecule has 3 N–H and O–H groups in total. The highest BCUT2D eigenvalue weighted by Crippen LogP contribution is 2.20. The summed E-state index contributed by atoms with van der Waals surface area (Å²) in [6.45, 7) is 2.09. The third-order valence-corrected chi connectivity index (χ3v) is 4.08. The summed E-state index contributed by atoms with van der Waals surface area (Å²) in [6.07, 6.45) is 1.24. The van der Waals surface area contributed by atoms with Gasteiger partial charge in [0, 0.05) is 39.1 Å². The Hall–Kier alpha value is -0.950. The van der Waals surface area contributed by atoms with Gasteiger partial charge in [-0.05, 0) is 17.0 Å². The van der Waals surface area contributed by atoms with E-state index in [0.717, 1.165) is 5.56 Å². The fourth-order valence-corrected chi connectivity index (χ4v) is 2.78. The van der Waals surface area contributed by atoms with Crippen molar-refractivity contribution in [2.24, 2.45) is 0 Å². The Kier molecular flexibility index (Phi) is 4.34. The van der Waals surface area contributed by atoms with E-state index in [1.807, 2.05) is 0 Å². The molecule has 1 aliphatic heterocycles. The van der Waals surface area contributed by atoms with Crippen LogP contribution in [0.5, 0.6) is 0 Å². The van der Waals surface area contributed by atoms with Crippen LogP contribution in [0.2, 0.25) is 0 Å². The van der Waals surface area contributed by atoms with E-state index in [2.05, 4.69) is 5.32 Å². The average molecular weight is 271 g/mol. The van der Waals surface area contributed by atoms with Crippen molar-refractivity contribution in [1.82, 2.24) is 5.32 Å². The smallest absolute Gasteiger partial charge is 0.346 e. The molecule has 1 aromatic heterocycles. The molecule has 5 nitrogen and oxygen atoms in total. The van der Waals surface area contributed by atoms with Gasteiger partial charge in [0.1, 0.15) is 4.88 Å². The van der Waals surface area contributed by atoms with Crippen LogP contribution in [-0.4, -0.2) is 41.5 Å². The summed E-state index contributed by atoms with van der Waals surface area (Å²) in [7, 11) is 0. The van der Waals surface area contributed by atoms with Crippen molar-refractivity contribution in [3.05, 3.63) is 21.9 Å². The number of hydrogen-bond donors (Lipinski definition) is 3. The van der Waals surface area contributed by atoms with E-state index in [4.69, 9.17) is 9.84 Å². The van der Waals surface area contributed by atoms with E-state index in [1.54, 1.807) is 11.4 Å². The van der Waals surface area contributed by atoms with Crippen molar-refractivity contribution < 1.29 is 19.7 Å². The van der Waals surface area contributed by atoms with Crippen LogP contribution in [0.1, 0.15) is 28.1 Å². The molecule has 2 rings (SSSR count). The van der Waals surface area contributed by atoms with Gasteiger partial charge in [0.05, 0.1) is 5.60 Å². The van der Waals surface area contributed by atoms with Crippen LogP contribution in [0, 0.1) is 0 Å². The average Bonchev–Trinajstić information content (AvgIpc) is 2.78. The van der Waals surface area contributed by atoms with E-state index in [-0.39, 0.29) is 0 Å². The molecule has 0 atom stereocenters. The lowest BCUT2D eigenvalue weighted by Crippen LogP contribution is -2.44. The Bertz CT molecular complexity index is 412. The maximum Gasteiger partial charge on any atom is 0.346 e. The largest absolute Gasteiger partial charge is 0.477 e. The monoisotopic (exact) mass is 271 g/mol. The second kappa shape index (κ2) is 5.79. The number of carbonyl (C=O) groups is 1. The van der Waals surface area contributed by atoms with Gasteiger partial charge in [0.15, 0.2) is 0 Å². The number of nitrogens with one attached hydrogen (secondary N) is 1. The number of thiophene rings is 1. The first-order chi connectivity index (χ1) is 8.61. The Morgan fingerprint density at radius 2 is 2.22 bits per heavy atom. The van der Waals surface area contributed by atoms with Crippen LogP contribution in [0.15, 0.2) is 11.4 Å². The van der Waals surface area contributed by atoms with Gasteiger partial charge >= 0.3 is 5.97 Å². The number of aromatic carboxylic acids is 1. The molecule has 18 heavy (non-hydrogen) atoms. The summed E-state index contributed by atoms with van der Waals surface area (Å²) in [4.78, 5) is 11.3. The van der Waals surface area contributed by atoms with Crippen LogP contribution in [0.3, 0.4) is 0 Å². The summed E-state index contributed by atoms with van der Waals surface area (Å²) in [5, 5.41) is 24.1. The number of ether oxygens (including phenoxy) is 1. The zero-order valence-electron chi connectivity index (χ0n) is 10.0. The van der Waals surface area contributed by atoms with Gasteiger partial charge < -0.3 is 20.3 Å². The number of carboxylic acids is 1. The Morgan fingerprint density at radius 1 is 1.50 bits per heavy atom. The van der Waals surface area contributed by atoms with Gasteiger partial charge in [-0.25, -0.2) is 4.79 Å². The molecule has 1 fully saturated rings. The van der Waals surface area contributed by atoms with Gasteiger partial charge in [-0.15, -0.1) is 11.3 Å². The minimum Gasteiger partial charge on any atom is -0.477 e. The predicted molar refractivity (Wildman–Crippen MR) is 68.0 cm³/mol. The van der Waals surface area contributed by atoms with Gasteiger partial charge in [-0.1, -0.05) is 0 Å². The Labute approximate surface area is 109 Å². The summed E-state index contributed by atoms with van der Waals surface area (Å²) < 4.78 is 5.20. The lowest BCUT2D eigenvalue weighted by Gasteiger charge is -2.32. The molecular weight excluding hydrogens is 254 g/mol. The summed E-state index contributed by atoms with van der Waals surface area (Å²) in [6, 6.07) is 1.80. The highest BCUT2D eigenvalue weighted by atomic mass is 32.1. The van der Waals surface area contributed by atoms with Crippen LogP contribution in [-0.2, 0) is 11.3 Å². The van der Waals surface area contributed by atoms with E-state index >= 15 is 0 Å². The Morgan fingerprint density at radius 3 is 2.89 bits per heavy atom. The number of hydrogen-bond acceptors (Lipinski definition) is 5. The summed E-state index contributed by atoms with van der Waals surface area (Å²) >= 11 is 1.22. The quantitative estimate of drug-likeness (QED) is 0.747. The first-order valence-electron chi connectivity index (χ1n) is 5.91. The van der Waals surface area contributed by atoms with Gasteiger partial charge in [0.25, 0.3) is 0 Å². The highest BCUT2D eigenvalue weighted by Gasteiger charge is 2.29.